The molecule has 7 nitrogen and oxygen atoms in total. The molecule has 0 bridgehead atoms. The molecule has 1 unspecified atom stereocenters. The maximum Gasteiger partial charge on any atom is 0.420 e. The zero-order valence-corrected chi connectivity index (χ0v) is 18.9. The Hall–Kier alpha value is -3.56. The Balaban J connectivity index is 1.44. The minimum Gasteiger partial charge on any atom is -0.481 e. The second-order valence-corrected chi connectivity index (χ2v) is 9.09. The van der Waals surface area contributed by atoms with Crippen LogP contribution in [0.25, 0.3) is 11.1 Å². The standard InChI is InChI=1S/C25H25F3N2O5/c1-24(25(26,27)28,22(33)29-15-11-10-14(12-15)21(31)32)30-23(34)35-13-20-18-8-4-2-6-16(18)17-7-3-5-9-19(17)20/h2-9,14-15,20H,10-13H2,1H3,(H,29,33)(H,30,34)(H,31,32)/t14-,15+,24?/m0/s1. The van der Waals surface area contributed by atoms with E-state index in [1.165, 1.54) is 0 Å². The number of fused-ring (bicyclic) bond motifs is 3. The minimum atomic E-state index is -5.12. The number of amides is 2. The van der Waals surface area contributed by atoms with Crippen LogP contribution in [-0.2, 0) is 14.3 Å². The monoisotopic (exact) mass is 490 g/mol. The van der Waals surface area contributed by atoms with Gasteiger partial charge in [0.05, 0.1) is 5.92 Å². The molecule has 0 radical (unpaired) electrons. The van der Waals surface area contributed by atoms with Gasteiger partial charge in [-0.3, -0.25) is 14.9 Å². The van der Waals surface area contributed by atoms with Crippen molar-refractivity contribution >= 4 is 18.0 Å². The van der Waals surface area contributed by atoms with Crippen LogP contribution in [0.15, 0.2) is 48.5 Å². The molecule has 0 heterocycles. The van der Waals surface area contributed by atoms with Crippen molar-refractivity contribution < 1.29 is 37.4 Å². The number of carbonyl (C=O) groups excluding carboxylic acids is 2. The summed E-state index contributed by atoms with van der Waals surface area (Å²) in [5.41, 5.74) is 0.469. The van der Waals surface area contributed by atoms with E-state index in [1.54, 1.807) is 5.32 Å². The number of alkyl halides is 3. The van der Waals surface area contributed by atoms with Crippen LogP contribution in [0.5, 0.6) is 0 Å². The number of carbonyl (C=O) groups is 3. The first kappa shape index (κ1) is 24.6. The van der Waals surface area contributed by atoms with Crippen LogP contribution in [0.4, 0.5) is 18.0 Å². The number of nitrogens with one attached hydrogen (secondary N) is 2. The number of halogens is 3. The summed E-state index contributed by atoms with van der Waals surface area (Å²) in [5.74, 6) is -3.61. The molecular formula is C25H25F3N2O5. The molecule has 2 aliphatic rings. The van der Waals surface area contributed by atoms with Gasteiger partial charge in [0.15, 0.2) is 0 Å². The Bertz CT molecular complexity index is 1110. The number of benzene rings is 2. The lowest BCUT2D eigenvalue weighted by atomic mass is 9.98. The average molecular weight is 490 g/mol. The van der Waals surface area contributed by atoms with Crippen LogP contribution in [0.2, 0.25) is 0 Å². The number of alkyl carbamates (subject to hydrolysis) is 1. The zero-order chi connectivity index (χ0) is 25.4. The van der Waals surface area contributed by atoms with Gasteiger partial charge in [-0.25, -0.2) is 4.79 Å². The predicted molar refractivity (Wildman–Crippen MR) is 120 cm³/mol. The van der Waals surface area contributed by atoms with E-state index in [0.717, 1.165) is 22.3 Å². The molecule has 2 amide bonds. The van der Waals surface area contributed by atoms with Crippen LogP contribution in [0.3, 0.4) is 0 Å². The second-order valence-electron chi connectivity index (χ2n) is 9.09. The van der Waals surface area contributed by atoms with Gasteiger partial charge in [-0.05, 0) is 48.4 Å². The molecule has 186 valence electrons. The Kier molecular flexibility index (Phi) is 6.48. The summed E-state index contributed by atoms with van der Waals surface area (Å²) in [6.45, 7) is 0.353. The highest BCUT2D eigenvalue weighted by atomic mass is 19.4. The Morgan fingerprint density at radius 1 is 1.00 bits per heavy atom. The van der Waals surface area contributed by atoms with Gasteiger partial charge >= 0.3 is 18.2 Å². The summed E-state index contributed by atoms with van der Waals surface area (Å²) in [6, 6.07) is 14.3. The molecule has 2 aromatic carbocycles. The SMILES string of the molecule is CC(NC(=O)OCC1c2ccccc2-c2ccccc21)(C(=O)N[C@@H]1CC[C@H](C(=O)O)C1)C(F)(F)F. The smallest absolute Gasteiger partial charge is 0.420 e. The molecule has 3 N–H and O–H groups in total. The van der Waals surface area contributed by atoms with Crippen LogP contribution in [0, 0.1) is 5.92 Å². The Morgan fingerprint density at radius 3 is 2.09 bits per heavy atom. The third-order valence-corrected chi connectivity index (χ3v) is 6.83. The molecular weight excluding hydrogens is 465 g/mol. The molecule has 0 saturated heterocycles. The van der Waals surface area contributed by atoms with E-state index >= 15 is 0 Å². The van der Waals surface area contributed by atoms with Crippen LogP contribution >= 0.6 is 0 Å². The van der Waals surface area contributed by atoms with Crippen molar-refractivity contribution in [3.05, 3.63) is 59.7 Å². The first-order chi connectivity index (χ1) is 16.5. The fourth-order valence-electron chi connectivity index (χ4n) is 4.76. The van der Waals surface area contributed by atoms with E-state index in [9.17, 15) is 27.6 Å². The molecule has 35 heavy (non-hydrogen) atoms. The van der Waals surface area contributed by atoms with Gasteiger partial charge in [-0.15, -0.1) is 0 Å². The van der Waals surface area contributed by atoms with Crippen LogP contribution in [0.1, 0.15) is 43.2 Å². The Morgan fingerprint density at radius 2 is 1.57 bits per heavy atom. The van der Waals surface area contributed by atoms with E-state index in [2.05, 4.69) is 5.32 Å². The van der Waals surface area contributed by atoms with E-state index in [4.69, 9.17) is 9.84 Å². The molecule has 1 fully saturated rings. The zero-order valence-electron chi connectivity index (χ0n) is 18.9. The quantitative estimate of drug-likeness (QED) is 0.563. The van der Waals surface area contributed by atoms with Crippen molar-refractivity contribution in [2.45, 2.75) is 49.9 Å². The summed E-state index contributed by atoms with van der Waals surface area (Å²) in [7, 11) is 0. The lowest BCUT2D eigenvalue weighted by Crippen LogP contribution is -2.66. The van der Waals surface area contributed by atoms with E-state index in [0.29, 0.717) is 6.92 Å². The lowest BCUT2D eigenvalue weighted by molar-refractivity contribution is -0.194. The number of aliphatic carboxylic acids is 1. The van der Waals surface area contributed by atoms with Gasteiger partial charge in [0.25, 0.3) is 5.91 Å². The van der Waals surface area contributed by atoms with Crippen molar-refractivity contribution in [1.82, 2.24) is 10.6 Å². The van der Waals surface area contributed by atoms with Gasteiger partial charge in [-0.1, -0.05) is 48.5 Å². The van der Waals surface area contributed by atoms with Gasteiger partial charge < -0.3 is 15.2 Å². The van der Waals surface area contributed by atoms with E-state index in [-0.39, 0.29) is 31.8 Å². The minimum absolute atomic E-state index is 0.0277. The van der Waals surface area contributed by atoms with Crippen molar-refractivity contribution in [1.29, 1.82) is 0 Å². The number of carboxylic acid groups (broad SMARTS) is 1. The fraction of sp³-hybridized carbons (Fsp3) is 0.400. The highest BCUT2D eigenvalue weighted by Crippen LogP contribution is 2.44. The molecule has 0 aromatic heterocycles. The second kappa shape index (κ2) is 9.24. The van der Waals surface area contributed by atoms with Gasteiger partial charge in [0, 0.05) is 12.0 Å². The molecule has 3 atom stereocenters. The average Bonchev–Trinajstić information content (AvgIpc) is 3.40. The van der Waals surface area contributed by atoms with Crippen molar-refractivity contribution in [2.75, 3.05) is 6.61 Å². The maximum absolute atomic E-state index is 13.9. The predicted octanol–water partition coefficient (Wildman–Crippen LogP) is 4.22. The highest BCUT2D eigenvalue weighted by molar-refractivity contribution is 5.91. The summed E-state index contributed by atoms with van der Waals surface area (Å²) in [4.78, 5) is 36.2. The maximum atomic E-state index is 13.9. The third kappa shape index (κ3) is 4.69. The first-order valence-electron chi connectivity index (χ1n) is 11.2. The third-order valence-electron chi connectivity index (χ3n) is 6.83. The number of carboxylic acids is 1. The van der Waals surface area contributed by atoms with Crippen molar-refractivity contribution in [3.8, 4) is 11.1 Å². The van der Waals surface area contributed by atoms with Crippen molar-refractivity contribution in [2.24, 2.45) is 5.92 Å². The number of hydrogen-bond donors (Lipinski definition) is 3. The first-order valence-corrected chi connectivity index (χ1v) is 11.2. The molecule has 0 spiro atoms. The summed E-state index contributed by atoms with van der Waals surface area (Å²) in [6.07, 6.45) is -5.98. The van der Waals surface area contributed by atoms with Crippen molar-refractivity contribution in [3.63, 3.8) is 0 Å². The molecule has 0 aliphatic heterocycles. The fourth-order valence-corrected chi connectivity index (χ4v) is 4.76. The van der Waals surface area contributed by atoms with E-state index in [1.807, 2.05) is 48.5 Å². The summed E-state index contributed by atoms with van der Waals surface area (Å²) in [5, 5.41) is 13.0. The molecule has 4 rings (SSSR count). The molecule has 2 aliphatic carbocycles. The van der Waals surface area contributed by atoms with E-state index < -0.39 is 41.6 Å². The summed E-state index contributed by atoms with van der Waals surface area (Å²) < 4.78 is 46.9. The van der Waals surface area contributed by atoms with Gasteiger partial charge in [-0.2, -0.15) is 13.2 Å². The number of rotatable bonds is 6. The van der Waals surface area contributed by atoms with Crippen LogP contribution in [-0.4, -0.2) is 47.4 Å². The lowest BCUT2D eigenvalue weighted by Gasteiger charge is -2.32. The normalized spacial score (nSPS) is 20.9. The molecule has 2 aromatic rings. The molecule has 10 heteroatoms. The molecule has 1 saturated carbocycles. The topological polar surface area (TPSA) is 105 Å². The van der Waals surface area contributed by atoms with Gasteiger partial charge in [0.2, 0.25) is 5.54 Å². The summed E-state index contributed by atoms with van der Waals surface area (Å²) >= 11 is 0. The largest absolute Gasteiger partial charge is 0.481 e. The Labute approximate surface area is 199 Å². The number of ether oxygens (including phenoxy) is 1. The van der Waals surface area contributed by atoms with Crippen LogP contribution < -0.4 is 10.6 Å². The number of hydrogen-bond acceptors (Lipinski definition) is 4. The highest BCUT2D eigenvalue weighted by Gasteiger charge is 2.58. The van der Waals surface area contributed by atoms with Gasteiger partial charge in [0.1, 0.15) is 6.61 Å².